The Hall–Kier alpha value is -2.66. The van der Waals surface area contributed by atoms with Crippen molar-refractivity contribution in [2.75, 3.05) is 25.0 Å². The van der Waals surface area contributed by atoms with E-state index in [0.717, 1.165) is 16.8 Å². The number of nitrogens with zero attached hydrogens (tertiary/aromatic N) is 1. The Balaban J connectivity index is 1.57. The lowest BCUT2D eigenvalue weighted by Gasteiger charge is -2.33. The fraction of sp³-hybridized carbons (Fsp3) is 0.300. The van der Waals surface area contributed by atoms with Crippen LogP contribution in [0.4, 0.5) is 5.69 Å². The number of hydrogen-bond acceptors (Lipinski definition) is 3. The zero-order valence-corrected chi connectivity index (χ0v) is 14.3. The molecule has 0 radical (unpaired) electrons. The summed E-state index contributed by atoms with van der Waals surface area (Å²) in [5.41, 5.74) is 2.76. The van der Waals surface area contributed by atoms with Gasteiger partial charge in [0.1, 0.15) is 12.5 Å². The lowest BCUT2D eigenvalue weighted by atomic mass is 10.1. The number of amides is 2. The van der Waals surface area contributed by atoms with E-state index in [0.29, 0.717) is 19.7 Å². The first kappa shape index (κ1) is 17.2. The number of rotatable bonds is 4. The van der Waals surface area contributed by atoms with Gasteiger partial charge in [-0.25, -0.2) is 0 Å². The second kappa shape index (κ2) is 7.94. The van der Waals surface area contributed by atoms with E-state index in [4.69, 9.17) is 4.74 Å². The molecule has 0 unspecified atom stereocenters. The summed E-state index contributed by atoms with van der Waals surface area (Å²) < 4.78 is 5.77. The molecule has 0 aromatic heterocycles. The van der Waals surface area contributed by atoms with Crippen LogP contribution in [0.5, 0.6) is 0 Å². The summed E-state index contributed by atoms with van der Waals surface area (Å²) >= 11 is 0. The molecule has 0 aliphatic carbocycles. The molecule has 1 N–H and O–H groups in total. The molecule has 5 heteroatoms. The number of morpholine rings is 1. The number of ether oxygens (including phenoxy) is 1. The minimum Gasteiger partial charge on any atom is -0.370 e. The van der Waals surface area contributed by atoms with Gasteiger partial charge in [-0.05, 0) is 24.1 Å². The van der Waals surface area contributed by atoms with Gasteiger partial charge in [0.2, 0.25) is 11.8 Å². The number of nitrogens with one attached hydrogen (secondary N) is 1. The Labute approximate surface area is 147 Å². The predicted octanol–water partition coefficient (Wildman–Crippen LogP) is 2.92. The topological polar surface area (TPSA) is 58.6 Å². The normalized spacial score (nSPS) is 17.2. The number of para-hydroxylation sites is 1. The molecule has 2 aromatic carbocycles. The summed E-state index contributed by atoms with van der Waals surface area (Å²) in [6.45, 7) is 3.38. The zero-order chi connectivity index (χ0) is 17.6. The second-order valence-corrected chi connectivity index (χ2v) is 6.15. The van der Waals surface area contributed by atoms with Crippen molar-refractivity contribution in [3.05, 3.63) is 65.7 Å². The van der Waals surface area contributed by atoms with Crippen LogP contribution in [0.2, 0.25) is 0 Å². The van der Waals surface area contributed by atoms with Gasteiger partial charge in [0.15, 0.2) is 0 Å². The van der Waals surface area contributed by atoms with Crippen LogP contribution in [0.1, 0.15) is 23.7 Å². The first-order valence-electron chi connectivity index (χ1n) is 8.43. The van der Waals surface area contributed by atoms with Crippen LogP contribution in [0.3, 0.4) is 0 Å². The van der Waals surface area contributed by atoms with Crippen molar-refractivity contribution in [2.45, 2.75) is 19.4 Å². The molecule has 25 heavy (non-hydrogen) atoms. The van der Waals surface area contributed by atoms with E-state index in [1.165, 1.54) is 0 Å². The Morgan fingerprint density at radius 1 is 1.12 bits per heavy atom. The molecular formula is C20H22N2O3. The van der Waals surface area contributed by atoms with Crippen LogP contribution in [0.25, 0.3) is 0 Å². The number of hydrogen-bond donors (Lipinski definition) is 1. The minimum atomic E-state index is -0.290. The molecule has 3 rings (SSSR count). The van der Waals surface area contributed by atoms with Crippen LogP contribution in [-0.4, -0.2) is 36.4 Å². The van der Waals surface area contributed by atoms with Gasteiger partial charge in [-0.1, -0.05) is 48.5 Å². The van der Waals surface area contributed by atoms with Crippen molar-refractivity contribution >= 4 is 17.5 Å². The zero-order valence-electron chi connectivity index (χ0n) is 14.3. The molecule has 130 valence electrons. The first-order valence-corrected chi connectivity index (χ1v) is 8.43. The number of anilines is 1. The van der Waals surface area contributed by atoms with Gasteiger partial charge in [0.05, 0.1) is 13.2 Å². The fourth-order valence-corrected chi connectivity index (χ4v) is 2.90. The van der Waals surface area contributed by atoms with Crippen LogP contribution in [0.15, 0.2) is 54.6 Å². The van der Waals surface area contributed by atoms with E-state index in [-0.39, 0.29) is 24.3 Å². The number of aryl methyl sites for hydroxylation is 1. The highest BCUT2D eigenvalue weighted by Gasteiger charge is 2.26. The SMILES string of the molecule is Cc1ccccc1NC(=O)CC(=O)N1CCO[C@@H](c2ccccc2)C1. The van der Waals surface area contributed by atoms with Crippen molar-refractivity contribution in [3.8, 4) is 0 Å². The third kappa shape index (κ3) is 4.45. The van der Waals surface area contributed by atoms with Gasteiger partial charge in [-0.2, -0.15) is 0 Å². The van der Waals surface area contributed by atoms with Gasteiger partial charge in [0.25, 0.3) is 0 Å². The van der Waals surface area contributed by atoms with Crippen LogP contribution < -0.4 is 5.32 Å². The van der Waals surface area contributed by atoms with E-state index < -0.39 is 0 Å². The van der Waals surface area contributed by atoms with Crippen molar-refractivity contribution < 1.29 is 14.3 Å². The fourth-order valence-electron chi connectivity index (χ4n) is 2.90. The molecule has 1 aliphatic rings. The summed E-state index contributed by atoms with van der Waals surface area (Å²) in [6.07, 6.45) is -0.297. The van der Waals surface area contributed by atoms with Crippen LogP contribution in [-0.2, 0) is 14.3 Å². The Morgan fingerprint density at radius 3 is 2.60 bits per heavy atom. The highest BCUT2D eigenvalue weighted by molar-refractivity contribution is 6.03. The highest BCUT2D eigenvalue weighted by atomic mass is 16.5. The van der Waals surface area contributed by atoms with Gasteiger partial charge < -0.3 is 15.0 Å². The molecule has 0 bridgehead atoms. The third-order valence-electron chi connectivity index (χ3n) is 4.32. The lowest BCUT2D eigenvalue weighted by Crippen LogP contribution is -2.43. The number of carbonyl (C=O) groups excluding carboxylic acids is 2. The monoisotopic (exact) mass is 338 g/mol. The highest BCUT2D eigenvalue weighted by Crippen LogP contribution is 2.22. The van der Waals surface area contributed by atoms with E-state index in [1.807, 2.05) is 61.5 Å². The minimum absolute atomic E-state index is 0.140. The van der Waals surface area contributed by atoms with Crippen LogP contribution in [0, 0.1) is 6.92 Å². The Kier molecular flexibility index (Phi) is 5.46. The quantitative estimate of drug-likeness (QED) is 0.872. The molecule has 1 fully saturated rings. The summed E-state index contributed by atoms with van der Waals surface area (Å²) in [4.78, 5) is 26.4. The molecule has 5 nitrogen and oxygen atoms in total. The Bertz CT molecular complexity index is 746. The molecule has 1 heterocycles. The second-order valence-electron chi connectivity index (χ2n) is 6.15. The maximum Gasteiger partial charge on any atom is 0.233 e. The summed E-state index contributed by atoms with van der Waals surface area (Å²) in [5.74, 6) is -0.461. The average molecular weight is 338 g/mol. The molecular weight excluding hydrogens is 316 g/mol. The summed E-state index contributed by atoms with van der Waals surface area (Å²) in [6, 6.07) is 17.4. The average Bonchev–Trinajstić information content (AvgIpc) is 2.64. The van der Waals surface area contributed by atoms with Crippen molar-refractivity contribution in [2.24, 2.45) is 0 Å². The Morgan fingerprint density at radius 2 is 1.84 bits per heavy atom. The maximum atomic E-state index is 12.5. The predicted molar refractivity (Wildman–Crippen MR) is 96.1 cm³/mol. The largest absolute Gasteiger partial charge is 0.370 e. The first-order chi connectivity index (χ1) is 12.1. The van der Waals surface area contributed by atoms with E-state index >= 15 is 0 Å². The maximum absolute atomic E-state index is 12.5. The summed E-state index contributed by atoms with van der Waals surface area (Å²) in [5, 5.41) is 2.81. The van der Waals surface area contributed by atoms with E-state index in [9.17, 15) is 9.59 Å². The van der Waals surface area contributed by atoms with Crippen molar-refractivity contribution in [1.29, 1.82) is 0 Å². The number of benzene rings is 2. The molecule has 0 saturated carbocycles. The molecule has 2 aromatic rings. The smallest absolute Gasteiger partial charge is 0.233 e. The number of carbonyl (C=O) groups is 2. The van der Waals surface area contributed by atoms with Crippen LogP contribution >= 0.6 is 0 Å². The van der Waals surface area contributed by atoms with Gasteiger partial charge in [0, 0.05) is 12.2 Å². The van der Waals surface area contributed by atoms with E-state index in [2.05, 4.69) is 5.32 Å². The molecule has 1 saturated heterocycles. The van der Waals surface area contributed by atoms with Crippen molar-refractivity contribution in [3.63, 3.8) is 0 Å². The molecule has 1 aliphatic heterocycles. The van der Waals surface area contributed by atoms with Gasteiger partial charge >= 0.3 is 0 Å². The summed E-state index contributed by atoms with van der Waals surface area (Å²) in [7, 11) is 0. The third-order valence-corrected chi connectivity index (χ3v) is 4.32. The van der Waals surface area contributed by atoms with Gasteiger partial charge in [-0.3, -0.25) is 9.59 Å². The van der Waals surface area contributed by atoms with E-state index in [1.54, 1.807) is 4.90 Å². The van der Waals surface area contributed by atoms with Crippen molar-refractivity contribution in [1.82, 2.24) is 4.90 Å². The lowest BCUT2D eigenvalue weighted by molar-refractivity contribution is -0.141. The molecule has 0 spiro atoms. The standard InChI is InChI=1S/C20H22N2O3/c1-15-7-5-6-10-17(15)21-19(23)13-20(24)22-11-12-25-18(14-22)16-8-3-2-4-9-16/h2-10,18H,11-14H2,1H3,(H,21,23)/t18-/m1/s1. The van der Waals surface area contributed by atoms with Gasteiger partial charge in [-0.15, -0.1) is 0 Å². The molecule has 1 atom stereocenters. The molecule has 2 amide bonds.